The number of hydrogen-bond donors (Lipinski definition) is 1. The number of unbranched alkanes of at least 4 members (excludes halogenated alkanes) is 1. The Kier molecular flexibility index (Phi) is 5.98. The molecule has 6 heteroatoms. The fourth-order valence-corrected chi connectivity index (χ4v) is 3.12. The first-order valence-corrected chi connectivity index (χ1v) is 8.46. The number of rotatable bonds is 8. The molecule has 0 saturated heterocycles. The highest BCUT2D eigenvalue weighted by atomic mass is 32.1. The Morgan fingerprint density at radius 2 is 2.09 bits per heavy atom. The molecule has 1 N–H and O–H groups in total. The van der Waals surface area contributed by atoms with Gasteiger partial charge in [-0.1, -0.05) is 20.3 Å². The number of hydrogen-bond acceptors (Lipinski definition) is 5. The Morgan fingerprint density at radius 3 is 2.65 bits per heavy atom. The third-order valence-electron chi connectivity index (χ3n) is 3.39. The first-order valence-electron chi connectivity index (χ1n) is 7.64. The summed E-state index contributed by atoms with van der Waals surface area (Å²) in [7, 11) is 1.60. The number of carbonyl (C=O) groups is 1. The number of aromatic nitrogens is 1. The smallest absolute Gasteiger partial charge is 0.347 e. The van der Waals surface area contributed by atoms with E-state index in [1.807, 2.05) is 25.1 Å². The van der Waals surface area contributed by atoms with Crippen LogP contribution < -0.4 is 9.47 Å². The Morgan fingerprint density at radius 1 is 1.30 bits per heavy atom. The summed E-state index contributed by atoms with van der Waals surface area (Å²) in [6.45, 7) is 4.62. The predicted molar refractivity (Wildman–Crippen MR) is 90.8 cm³/mol. The molecule has 0 atom stereocenters. The minimum absolute atomic E-state index is 0.298. The van der Waals surface area contributed by atoms with Crippen LogP contribution in [-0.2, 0) is 6.42 Å². The van der Waals surface area contributed by atoms with Crippen LogP contribution >= 0.6 is 11.3 Å². The second-order valence-corrected chi connectivity index (χ2v) is 6.02. The average molecular weight is 335 g/mol. The van der Waals surface area contributed by atoms with Gasteiger partial charge in [0.05, 0.1) is 19.4 Å². The van der Waals surface area contributed by atoms with Gasteiger partial charge in [-0.15, -0.1) is 11.3 Å². The third kappa shape index (κ3) is 4.01. The fourth-order valence-electron chi connectivity index (χ4n) is 2.13. The van der Waals surface area contributed by atoms with Crippen molar-refractivity contribution < 1.29 is 19.4 Å². The van der Waals surface area contributed by atoms with Gasteiger partial charge in [0.15, 0.2) is 11.5 Å². The van der Waals surface area contributed by atoms with E-state index in [9.17, 15) is 9.90 Å². The van der Waals surface area contributed by atoms with Crippen molar-refractivity contribution in [2.24, 2.45) is 0 Å². The van der Waals surface area contributed by atoms with E-state index in [-0.39, 0.29) is 0 Å². The molecule has 0 fully saturated rings. The minimum atomic E-state index is -0.932. The van der Waals surface area contributed by atoms with Crippen molar-refractivity contribution in [2.75, 3.05) is 13.7 Å². The number of nitrogens with zero attached hydrogens (tertiary/aromatic N) is 1. The van der Waals surface area contributed by atoms with Gasteiger partial charge in [0.1, 0.15) is 9.88 Å². The van der Waals surface area contributed by atoms with Crippen LogP contribution in [0.15, 0.2) is 18.2 Å². The van der Waals surface area contributed by atoms with Crippen LogP contribution in [0.1, 0.15) is 42.1 Å². The maximum Gasteiger partial charge on any atom is 0.347 e. The Balaban J connectivity index is 2.36. The van der Waals surface area contributed by atoms with E-state index in [0.717, 1.165) is 18.4 Å². The Bertz CT molecular complexity index is 681. The van der Waals surface area contributed by atoms with Gasteiger partial charge in [-0.05, 0) is 31.0 Å². The molecule has 0 saturated carbocycles. The Hall–Kier alpha value is -2.08. The summed E-state index contributed by atoms with van der Waals surface area (Å²) in [6.07, 6.45) is 2.61. The lowest BCUT2D eigenvalue weighted by molar-refractivity contribution is 0.0701. The van der Waals surface area contributed by atoms with E-state index in [4.69, 9.17) is 9.47 Å². The van der Waals surface area contributed by atoms with Crippen molar-refractivity contribution in [1.82, 2.24) is 4.98 Å². The van der Waals surface area contributed by atoms with Gasteiger partial charge in [0.2, 0.25) is 0 Å². The predicted octanol–water partition coefficient (Wildman–Crippen LogP) is 4.26. The maximum atomic E-state index is 11.3. The molecule has 0 spiro atoms. The largest absolute Gasteiger partial charge is 0.493 e. The molecule has 2 aromatic rings. The molecule has 0 aliphatic carbocycles. The summed E-state index contributed by atoms with van der Waals surface area (Å²) in [5, 5.41) is 9.95. The topological polar surface area (TPSA) is 68.7 Å². The molecule has 5 nitrogen and oxygen atoms in total. The molecule has 23 heavy (non-hydrogen) atoms. The monoisotopic (exact) mass is 335 g/mol. The molecule has 1 aromatic carbocycles. The van der Waals surface area contributed by atoms with Crippen molar-refractivity contribution in [2.45, 2.75) is 33.1 Å². The molecule has 0 radical (unpaired) electrons. The second-order valence-electron chi connectivity index (χ2n) is 5.02. The normalized spacial score (nSPS) is 10.6. The van der Waals surface area contributed by atoms with Crippen molar-refractivity contribution in [3.8, 4) is 22.1 Å². The number of benzene rings is 1. The average Bonchev–Trinajstić information content (AvgIpc) is 2.99. The number of carboxylic acid groups (broad SMARTS) is 1. The molecule has 0 bridgehead atoms. The number of ether oxygens (including phenoxy) is 2. The van der Waals surface area contributed by atoms with Crippen molar-refractivity contribution in [3.63, 3.8) is 0 Å². The number of methoxy groups -OCH3 is 1. The molecule has 124 valence electrons. The fraction of sp³-hybridized carbons (Fsp3) is 0.412. The number of aryl methyl sites for hydroxylation is 1. The first-order chi connectivity index (χ1) is 11.1. The lowest BCUT2D eigenvalue weighted by atomic mass is 10.2. The highest BCUT2D eigenvalue weighted by molar-refractivity contribution is 7.17. The van der Waals surface area contributed by atoms with Gasteiger partial charge in [0.25, 0.3) is 0 Å². The van der Waals surface area contributed by atoms with Crippen molar-refractivity contribution >= 4 is 17.3 Å². The van der Waals surface area contributed by atoms with E-state index < -0.39 is 5.97 Å². The molecular formula is C17H21NO4S. The van der Waals surface area contributed by atoms with Crippen LogP contribution in [0.3, 0.4) is 0 Å². The van der Waals surface area contributed by atoms with E-state index in [1.54, 1.807) is 7.11 Å². The third-order valence-corrected chi connectivity index (χ3v) is 4.53. The van der Waals surface area contributed by atoms with E-state index in [2.05, 4.69) is 11.9 Å². The minimum Gasteiger partial charge on any atom is -0.493 e. The summed E-state index contributed by atoms with van der Waals surface area (Å²) in [5.74, 6) is 0.387. The summed E-state index contributed by atoms with van der Waals surface area (Å²) < 4.78 is 11.1. The Labute approximate surface area is 139 Å². The highest BCUT2D eigenvalue weighted by Gasteiger charge is 2.18. The van der Waals surface area contributed by atoms with Crippen LogP contribution in [0.2, 0.25) is 0 Å². The number of carboxylic acids is 1. The molecule has 1 aromatic heterocycles. The molecule has 0 amide bonds. The van der Waals surface area contributed by atoms with Crippen LogP contribution in [0, 0.1) is 0 Å². The molecule has 0 aliphatic heterocycles. The lowest BCUT2D eigenvalue weighted by Gasteiger charge is -2.11. The van der Waals surface area contributed by atoms with Gasteiger partial charge < -0.3 is 14.6 Å². The van der Waals surface area contributed by atoms with Crippen LogP contribution in [-0.4, -0.2) is 29.8 Å². The van der Waals surface area contributed by atoms with E-state index >= 15 is 0 Å². The van der Waals surface area contributed by atoms with Gasteiger partial charge in [-0.2, -0.15) is 0 Å². The van der Waals surface area contributed by atoms with Crippen LogP contribution in [0.25, 0.3) is 10.6 Å². The standard InChI is InChI=1S/C17H21NO4S/c1-4-6-9-22-14-10-11(7-8-13(14)21-3)16-18-12(5-2)15(23-16)17(19)20/h7-8,10H,4-6,9H2,1-3H3,(H,19,20). The summed E-state index contributed by atoms with van der Waals surface area (Å²) in [4.78, 5) is 16.0. The molecule has 0 unspecified atom stereocenters. The molecule has 1 heterocycles. The maximum absolute atomic E-state index is 11.3. The SMILES string of the molecule is CCCCOc1cc(-c2nc(CC)c(C(=O)O)s2)ccc1OC. The second kappa shape index (κ2) is 7.97. The summed E-state index contributed by atoms with van der Waals surface area (Å²) in [5.41, 5.74) is 1.45. The number of aromatic carboxylic acids is 1. The summed E-state index contributed by atoms with van der Waals surface area (Å²) >= 11 is 1.19. The van der Waals surface area contributed by atoms with Gasteiger partial charge in [0, 0.05) is 5.56 Å². The van der Waals surface area contributed by atoms with Crippen molar-refractivity contribution in [1.29, 1.82) is 0 Å². The van der Waals surface area contributed by atoms with Crippen molar-refractivity contribution in [3.05, 3.63) is 28.8 Å². The quantitative estimate of drug-likeness (QED) is 0.730. The summed E-state index contributed by atoms with van der Waals surface area (Å²) in [6, 6.07) is 5.55. The number of thiazole rings is 1. The van der Waals surface area contributed by atoms with E-state index in [0.29, 0.717) is 40.1 Å². The van der Waals surface area contributed by atoms with E-state index in [1.165, 1.54) is 11.3 Å². The van der Waals surface area contributed by atoms with Crippen LogP contribution in [0.5, 0.6) is 11.5 Å². The van der Waals surface area contributed by atoms with Gasteiger partial charge >= 0.3 is 5.97 Å². The van der Waals surface area contributed by atoms with Crippen LogP contribution in [0.4, 0.5) is 0 Å². The zero-order valence-corrected chi connectivity index (χ0v) is 14.4. The zero-order valence-electron chi connectivity index (χ0n) is 13.6. The molecule has 0 aliphatic rings. The zero-order chi connectivity index (χ0) is 16.8. The first kappa shape index (κ1) is 17.3. The highest BCUT2D eigenvalue weighted by Crippen LogP contribution is 2.35. The van der Waals surface area contributed by atoms with Gasteiger partial charge in [-0.3, -0.25) is 0 Å². The molecular weight excluding hydrogens is 314 g/mol. The lowest BCUT2D eigenvalue weighted by Crippen LogP contribution is -1.99. The molecule has 2 rings (SSSR count). The van der Waals surface area contributed by atoms with Gasteiger partial charge in [-0.25, -0.2) is 9.78 Å².